The summed E-state index contributed by atoms with van der Waals surface area (Å²) in [5.74, 6) is 0.475. The highest BCUT2D eigenvalue weighted by Gasteiger charge is 2.23. The Morgan fingerprint density at radius 3 is 2.54 bits per heavy atom. The van der Waals surface area contributed by atoms with Crippen LogP contribution in [0.25, 0.3) is 0 Å². The lowest BCUT2D eigenvalue weighted by atomic mass is 9.94. The van der Waals surface area contributed by atoms with Crippen LogP contribution in [0, 0.1) is 6.92 Å². The van der Waals surface area contributed by atoms with Gasteiger partial charge in [-0.05, 0) is 51.5 Å². The molecule has 146 valence electrons. The third kappa shape index (κ3) is 5.19. The summed E-state index contributed by atoms with van der Waals surface area (Å²) >= 11 is 0. The maximum atomic E-state index is 13.0. The molecule has 1 aromatic rings. The third-order valence-corrected chi connectivity index (χ3v) is 4.32. The number of hydrogen-bond donors (Lipinski definition) is 0. The smallest absolute Gasteiger partial charge is 0.196 e. The first-order valence-electron chi connectivity index (χ1n) is 9.04. The highest BCUT2D eigenvalue weighted by Crippen LogP contribution is 2.27. The lowest BCUT2D eigenvalue weighted by molar-refractivity contribution is -0.115. The molecule has 0 aliphatic carbocycles. The van der Waals surface area contributed by atoms with E-state index in [9.17, 15) is 9.59 Å². The summed E-state index contributed by atoms with van der Waals surface area (Å²) in [4.78, 5) is 25.7. The van der Waals surface area contributed by atoms with Gasteiger partial charge in [-0.25, -0.2) is 0 Å². The average Bonchev–Trinajstić information content (AvgIpc) is 2.66. The molecular formula is C24H26O4. The highest BCUT2D eigenvalue weighted by atomic mass is 16.5. The van der Waals surface area contributed by atoms with Gasteiger partial charge in [-0.2, -0.15) is 0 Å². The van der Waals surface area contributed by atoms with Crippen LogP contribution in [0.4, 0.5) is 0 Å². The topological polar surface area (TPSA) is 52.6 Å². The summed E-state index contributed by atoms with van der Waals surface area (Å²) in [5.41, 5.74) is 4.02. The van der Waals surface area contributed by atoms with Crippen molar-refractivity contribution in [1.29, 1.82) is 0 Å². The van der Waals surface area contributed by atoms with Gasteiger partial charge >= 0.3 is 0 Å². The summed E-state index contributed by atoms with van der Waals surface area (Å²) in [6.07, 6.45) is 7.01. The summed E-state index contributed by atoms with van der Waals surface area (Å²) in [5, 5.41) is 0. The van der Waals surface area contributed by atoms with Gasteiger partial charge in [0.25, 0.3) is 0 Å². The molecule has 28 heavy (non-hydrogen) atoms. The van der Waals surface area contributed by atoms with Crippen molar-refractivity contribution in [3.05, 3.63) is 88.4 Å². The highest BCUT2D eigenvalue weighted by molar-refractivity contribution is 6.13. The maximum absolute atomic E-state index is 13.0. The first kappa shape index (κ1) is 21.2. The number of carbonyl (C=O) groups is 2. The van der Waals surface area contributed by atoms with Crippen molar-refractivity contribution in [2.45, 2.75) is 34.1 Å². The lowest BCUT2D eigenvalue weighted by Gasteiger charge is -2.16. The van der Waals surface area contributed by atoms with Gasteiger partial charge in [-0.15, -0.1) is 0 Å². The number of carbonyl (C=O) groups excluding carboxylic acids is 2. The molecule has 0 atom stereocenters. The number of allylic oxidation sites excluding steroid dienone is 7. The second-order valence-corrected chi connectivity index (χ2v) is 7.04. The van der Waals surface area contributed by atoms with Gasteiger partial charge in [0.1, 0.15) is 17.8 Å². The van der Waals surface area contributed by atoms with Crippen LogP contribution >= 0.6 is 0 Å². The molecule has 0 fully saturated rings. The fourth-order valence-corrected chi connectivity index (χ4v) is 2.67. The van der Waals surface area contributed by atoms with Gasteiger partial charge in [-0.1, -0.05) is 35.9 Å². The molecule has 2 rings (SSSR count). The van der Waals surface area contributed by atoms with Gasteiger partial charge in [0.15, 0.2) is 11.6 Å². The van der Waals surface area contributed by atoms with Gasteiger partial charge in [-0.3, -0.25) is 9.59 Å². The SMILES string of the molecule is C=C1OC=C(C(=O)c2cc(OC)ccc2C)C=C1C(=O)C/C(C)=C/C=C(C)C. The number of rotatable bonds is 7. The van der Waals surface area contributed by atoms with Gasteiger partial charge in [0, 0.05) is 12.0 Å². The zero-order valence-corrected chi connectivity index (χ0v) is 17.1. The minimum Gasteiger partial charge on any atom is -0.497 e. The van der Waals surface area contributed by atoms with Gasteiger partial charge in [0.05, 0.1) is 18.3 Å². The second-order valence-electron chi connectivity index (χ2n) is 7.04. The van der Waals surface area contributed by atoms with Crippen molar-refractivity contribution < 1.29 is 19.1 Å². The van der Waals surface area contributed by atoms with E-state index >= 15 is 0 Å². The lowest BCUT2D eigenvalue weighted by Crippen LogP contribution is -2.14. The Morgan fingerprint density at radius 2 is 1.89 bits per heavy atom. The normalized spacial score (nSPS) is 13.9. The fraction of sp³-hybridized carbons (Fsp3) is 0.250. The number of methoxy groups -OCH3 is 1. The van der Waals surface area contributed by atoms with Crippen LogP contribution in [0.1, 0.15) is 43.1 Å². The van der Waals surface area contributed by atoms with Gasteiger partial charge in [0.2, 0.25) is 0 Å². The molecule has 1 aromatic carbocycles. The molecular weight excluding hydrogens is 352 g/mol. The van der Waals surface area contributed by atoms with E-state index in [2.05, 4.69) is 6.58 Å². The quantitative estimate of drug-likeness (QED) is 0.470. The van der Waals surface area contributed by atoms with Crippen LogP contribution in [-0.2, 0) is 9.53 Å². The van der Waals surface area contributed by atoms with Crippen molar-refractivity contribution in [2.75, 3.05) is 7.11 Å². The molecule has 0 spiro atoms. The number of ketones is 2. The monoisotopic (exact) mass is 378 g/mol. The Labute approximate surface area is 166 Å². The van der Waals surface area contributed by atoms with Crippen molar-refractivity contribution in [3.8, 4) is 5.75 Å². The molecule has 1 aliphatic heterocycles. The largest absolute Gasteiger partial charge is 0.497 e. The average molecular weight is 378 g/mol. The van der Waals surface area contributed by atoms with E-state index in [4.69, 9.17) is 9.47 Å². The first-order valence-corrected chi connectivity index (χ1v) is 9.04. The van der Waals surface area contributed by atoms with E-state index in [0.717, 1.165) is 16.7 Å². The minimum absolute atomic E-state index is 0.137. The number of hydrogen-bond acceptors (Lipinski definition) is 4. The summed E-state index contributed by atoms with van der Waals surface area (Å²) in [6.45, 7) is 11.5. The molecule has 0 radical (unpaired) electrons. The molecule has 0 amide bonds. The van der Waals surface area contributed by atoms with Crippen LogP contribution in [0.5, 0.6) is 5.75 Å². The maximum Gasteiger partial charge on any atom is 0.196 e. The zero-order valence-electron chi connectivity index (χ0n) is 17.1. The van der Waals surface area contributed by atoms with E-state index in [-0.39, 0.29) is 23.7 Å². The molecule has 4 heteroatoms. The number of Topliss-reactive ketones (excluding diaryl/α,β-unsaturated/α-hetero) is 2. The molecule has 0 unspecified atom stereocenters. The fourth-order valence-electron chi connectivity index (χ4n) is 2.67. The Balaban J connectivity index is 2.29. The molecule has 0 bridgehead atoms. The van der Waals surface area contributed by atoms with Crippen molar-refractivity contribution >= 4 is 11.6 Å². The van der Waals surface area contributed by atoms with Crippen molar-refractivity contribution in [2.24, 2.45) is 0 Å². The first-order chi connectivity index (χ1) is 13.2. The zero-order chi connectivity index (χ0) is 20.8. The summed E-state index contributed by atoms with van der Waals surface area (Å²) in [6, 6.07) is 5.30. The standard InChI is InChI=1S/C24H26O4/c1-15(2)7-8-16(3)11-23(25)22-12-19(14-28-18(22)5)24(26)21-13-20(27-6)10-9-17(21)4/h7-10,12-14H,5,11H2,1-4,6H3/b16-8+. The van der Waals surface area contributed by atoms with Crippen LogP contribution < -0.4 is 4.74 Å². The molecule has 0 N–H and O–H groups in total. The Morgan fingerprint density at radius 1 is 1.18 bits per heavy atom. The summed E-state index contributed by atoms with van der Waals surface area (Å²) < 4.78 is 10.6. The molecule has 4 nitrogen and oxygen atoms in total. The Bertz CT molecular complexity index is 935. The Kier molecular flexibility index (Phi) is 6.94. The number of benzene rings is 1. The molecule has 0 aromatic heterocycles. The van der Waals surface area contributed by atoms with E-state index in [1.807, 2.05) is 45.9 Å². The van der Waals surface area contributed by atoms with E-state index in [1.165, 1.54) is 6.26 Å². The van der Waals surface area contributed by atoms with Crippen LogP contribution in [0.3, 0.4) is 0 Å². The van der Waals surface area contributed by atoms with E-state index in [1.54, 1.807) is 25.3 Å². The molecule has 1 heterocycles. The minimum atomic E-state index is -0.231. The van der Waals surface area contributed by atoms with Crippen molar-refractivity contribution in [1.82, 2.24) is 0 Å². The molecule has 1 aliphatic rings. The number of aryl methyl sites for hydroxylation is 1. The van der Waals surface area contributed by atoms with Crippen molar-refractivity contribution in [3.63, 3.8) is 0 Å². The Hall–Kier alpha value is -3.14. The van der Waals surface area contributed by atoms with Crippen LogP contribution in [-0.4, -0.2) is 18.7 Å². The van der Waals surface area contributed by atoms with Crippen LogP contribution in [0.15, 0.2) is 77.3 Å². The molecule has 0 saturated heterocycles. The van der Waals surface area contributed by atoms with Crippen LogP contribution in [0.2, 0.25) is 0 Å². The second kappa shape index (κ2) is 9.18. The summed E-state index contributed by atoms with van der Waals surface area (Å²) in [7, 11) is 1.55. The third-order valence-electron chi connectivity index (χ3n) is 4.32. The van der Waals surface area contributed by atoms with E-state index < -0.39 is 0 Å². The predicted molar refractivity (Wildman–Crippen MR) is 111 cm³/mol. The molecule has 0 saturated carbocycles. The van der Waals surface area contributed by atoms with Gasteiger partial charge < -0.3 is 9.47 Å². The number of ether oxygens (including phenoxy) is 2. The van der Waals surface area contributed by atoms with E-state index in [0.29, 0.717) is 22.5 Å². The predicted octanol–water partition coefficient (Wildman–Crippen LogP) is 5.41.